The highest BCUT2D eigenvalue weighted by molar-refractivity contribution is 5.71. The number of nitrogens with one attached hydrogen (secondary N) is 1. The van der Waals surface area contributed by atoms with Crippen molar-refractivity contribution in [2.45, 2.75) is 11.8 Å². The number of fused-ring (bicyclic) bond motifs is 5. The summed E-state index contributed by atoms with van der Waals surface area (Å²) in [4.78, 5) is 0. The molecule has 0 fully saturated rings. The first kappa shape index (κ1) is 11.3. The molecule has 1 nitrogen and oxygen atoms in total. The van der Waals surface area contributed by atoms with Gasteiger partial charge in [0.25, 0.3) is 0 Å². The second-order valence-electron chi connectivity index (χ2n) is 5.24. The van der Waals surface area contributed by atoms with E-state index in [9.17, 15) is 0 Å². The molecule has 0 bridgehead atoms. The van der Waals surface area contributed by atoms with Gasteiger partial charge in [-0.05, 0) is 35.4 Å². The van der Waals surface area contributed by atoms with Crippen molar-refractivity contribution in [1.82, 2.24) is 0 Å². The SMILES string of the molecule is C1=CC=CC2c3ccccc3Nc3ccccc3C2C=1. The summed E-state index contributed by atoms with van der Waals surface area (Å²) in [6.07, 6.45) is 8.57. The van der Waals surface area contributed by atoms with Crippen LogP contribution in [0.1, 0.15) is 23.0 Å². The van der Waals surface area contributed by atoms with E-state index in [4.69, 9.17) is 0 Å². The van der Waals surface area contributed by atoms with Crippen LogP contribution in [-0.4, -0.2) is 0 Å². The number of benzene rings is 2. The summed E-state index contributed by atoms with van der Waals surface area (Å²) in [5.74, 6) is 0.686. The molecule has 2 unspecified atom stereocenters. The number of hydrogen-bond acceptors (Lipinski definition) is 1. The number of anilines is 2. The third-order valence-corrected chi connectivity index (χ3v) is 4.08. The molecule has 4 rings (SSSR count). The summed E-state index contributed by atoms with van der Waals surface area (Å²) in [6.45, 7) is 0. The van der Waals surface area contributed by atoms with Crippen molar-refractivity contribution in [3.63, 3.8) is 0 Å². The van der Waals surface area contributed by atoms with Crippen molar-refractivity contribution >= 4 is 11.4 Å². The lowest BCUT2D eigenvalue weighted by Crippen LogP contribution is -2.05. The van der Waals surface area contributed by atoms with Crippen LogP contribution in [0.5, 0.6) is 0 Å². The maximum Gasteiger partial charge on any atom is 0.0423 e. The van der Waals surface area contributed by atoms with Gasteiger partial charge in [0, 0.05) is 23.2 Å². The van der Waals surface area contributed by atoms with Gasteiger partial charge < -0.3 is 5.32 Å². The average Bonchev–Trinajstić information content (AvgIpc) is 2.79. The lowest BCUT2D eigenvalue weighted by atomic mass is 9.81. The van der Waals surface area contributed by atoms with Gasteiger partial charge in [-0.3, -0.25) is 0 Å². The summed E-state index contributed by atoms with van der Waals surface area (Å²) in [5, 5.41) is 3.59. The van der Waals surface area contributed by atoms with E-state index in [2.05, 4.69) is 77.8 Å². The molecule has 0 saturated heterocycles. The van der Waals surface area contributed by atoms with Crippen LogP contribution in [0, 0.1) is 0 Å². The van der Waals surface area contributed by atoms with Crippen LogP contribution in [0.2, 0.25) is 0 Å². The third-order valence-electron chi connectivity index (χ3n) is 4.08. The van der Waals surface area contributed by atoms with Gasteiger partial charge >= 0.3 is 0 Å². The maximum atomic E-state index is 3.59. The normalized spacial score (nSPS) is 22.0. The fraction of sp³-hybridized carbons (Fsp3) is 0.105. The van der Waals surface area contributed by atoms with Crippen LogP contribution < -0.4 is 5.32 Å². The zero-order valence-corrected chi connectivity index (χ0v) is 11.1. The predicted octanol–water partition coefficient (Wildman–Crippen LogP) is 4.89. The highest BCUT2D eigenvalue weighted by Crippen LogP contribution is 2.45. The number of allylic oxidation sites excluding steroid dienone is 3. The molecule has 0 saturated carbocycles. The number of rotatable bonds is 0. The summed E-state index contributed by atoms with van der Waals surface area (Å²) < 4.78 is 0. The molecule has 2 aliphatic rings. The maximum absolute atomic E-state index is 3.59. The minimum absolute atomic E-state index is 0.331. The van der Waals surface area contributed by atoms with Gasteiger partial charge in [-0.15, -0.1) is 5.73 Å². The molecule has 0 aromatic heterocycles. The van der Waals surface area contributed by atoms with Crippen LogP contribution in [0.25, 0.3) is 0 Å². The Morgan fingerprint density at radius 3 is 2.20 bits per heavy atom. The Bertz CT molecular complexity index is 748. The van der Waals surface area contributed by atoms with Crippen molar-refractivity contribution in [3.05, 3.63) is 89.7 Å². The van der Waals surface area contributed by atoms with E-state index in [1.54, 1.807) is 0 Å². The molecule has 96 valence electrons. The zero-order chi connectivity index (χ0) is 13.4. The topological polar surface area (TPSA) is 12.0 Å². The van der Waals surface area contributed by atoms with Crippen LogP contribution in [0.3, 0.4) is 0 Å². The van der Waals surface area contributed by atoms with Crippen molar-refractivity contribution < 1.29 is 0 Å². The summed E-state index contributed by atoms with van der Waals surface area (Å²) in [7, 11) is 0. The Balaban J connectivity index is 2.01. The highest BCUT2D eigenvalue weighted by atomic mass is 14.9. The summed E-state index contributed by atoms with van der Waals surface area (Å²) >= 11 is 0. The first-order valence-electron chi connectivity index (χ1n) is 6.98. The van der Waals surface area contributed by atoms with Crippen molar-refractivity contribution in [1.29, 1.82) is 0 Å². The Morgan fingerprint density at radius 2 is 1.45 bits per heavy atom. The molecule has 1 aliphatic heterocycles. The van der Waals surface area contributed by atoms with Gasteiger partial charge in [-0.1, -0.05) is 48.6 Å². The van der Waals surface area contributed by atoms with Gasteiger partial charge in [0.15, 0.2) is 0 Å². The average molecular weight is 257 g/mol. The molecule has 2 atom stereocenters. The molecular formula is C19H15N. The van der Waals surface area contributed by atoms with E-state index in [0.29, 0.717) is 11.8 Å². The fourth-order valence-corrected chi connectivity index (χ4v) is 3.14. The highest BCUT2D eigenvalue weighted by Gasteiger charge is 2.28. The Kier molecular flexibility index (Phi) is 2.58. The van der Waals surface area contributed by atoms with Crippen molar-refractivity contribution in [3.8, 4) is 0 Å². The summed E-state index contributed by atoms with van der Waals surface area (Å²) in [6, 6.07) is 17.1. The molecule has 1 aliphatic carbocycles. The van der Waals surface area contributed by atoms with Crippen molar-refractivity contribution in [2.75, 3.05) is 5.32 Å². The second-order valence-corrected chi connectivity index (χ2v) is 5.24. The van der Waals surface area contributed by atoms with Crippen molar-refractivity contribution in [2.24, 2.45) is 0 Å². The molecule has 20 heavy (non-hydrogen) atoms. The van der Waals surface area contributed by atoms with Gasteiger partial charge in [0.2, 0.25) is 0 Å². The van der Waals surface area contributed by atoms with E-state index >= 15 is 0 Å². The van der Waals surface area contributed by atoms with Gasteiger partial charge in [-0.2, -0.15) is 0 Å². The first-order valence-corrected chi connectivity index (χ1v) is 6.98. The largest absolute Gasteiger partial charge is 0.355 e. The predicted molar refractivity (Wildman–Crippen MR) is 83.4 cm³/mol. The molecule has 1 heterocycles. The van der Waals surface area contributed by atoms with E-state index in [1.807, 2.05) is 6.08 Å². The fourth-order valence-electron chi connectivity index (χ4n) is 3.14. The van der Waals surface area contributed by atoms with Gasteiger partial charge in [-0.25, -0.2) is 0 Å². The minimum atomic E-state index is 0.331. The smallest absolute Gasteiger partial charge is 0.0423 e. The second kappa shape index (κ2) is 4.56. The Hall–Kier alpha value is -2.50. The molecule has 0 amide bonds. The quantitative estimate of drug-likeness (QED) is 0.662. The monoisotopic (exact) mass is 257 g/mol. The van der Waals surface area contributed by atoms with Gasteiger partial charge in [0.05, 0.1) is 0 Å². The minimum Gasteiger partial charge on any atom is -0.355 e. The number of hydrogen-bond donors (Lipinski definition) is 1. The van der Waals surface area contributed by atoms with E-state index in [-0.39, 0.29) is 0 Å². The zero-order valence-electron chi connectivity index (χ0n) is 11.1. The molecule has 2 aromatic rings. The Labute approximate surface area is 119 Å². The summed E-state index contributed by atoms with van der Waals surface area (Å²) in [5.41, 5.74) is 8.36. The standard InChI is InChI=1S/C19H15N/c1-2-8-14-15(9-3-1)17-11-5-7-13-19(17)20-18-12-6-4-10-16(14)18/h1-2,4-15,20H. The molecule has 2 aromatic carbocycles. The Morgan fingerprint density at radius 1 is 0.800 bits per heavy atom. The molecule has 0 spiro atoms. The molecule has 1 heteroatoms. The van der Waals surface area contributed by atoms with Crippen LogP contribution in [0.15, 0.2) is 78.6 Å². The molecule has 1 N–H and O–H groups in total. The van der Waals surface area contributed by atoms with E-state index < -0.39 is 0 Å². The molecular weight excluding hydrogens is 242 g/mol. The third kappa shape index (κ3) is 1.72. The number of para-hydroxylation sites is 2. The first-order chi connectivity index (χ1) is 9.93. The van der Waals surface area contributed by atoms with Gasteiger partial charge in [0.1, 0.15) is 0 Å². The van der Waals surface area contributed by atoms with Crippen LogP contribution in [-0.2, 0) is 0 Å². The van der Waals surface area contributed by atoms with Crippen LogP contribution >= 0.6 is 0 Å². The van der Waals surface area contributed by atoms with E-state index in [1.165, 1.54) is 22.5 Å². The molecule has 0 radical (unpaired) electrons. The van der Waals surface area contributed by atoms with E-state index in [0.717, 1.165) is 0 Å². The van der Waals surface area contributed by atoms with Crippen LogP contribution in [0.4, 0.5) is 11.4 Å². The lowest BCUT2D eigenvalue weighted by molar-refractivity contribution is 0.750. The lowest BCUT2D eigenvalue weighted by Gasteiger charge is -2.20.